The van der Waals surface area contributed by atoms with Crippen LogP contribution in [0.15, 0.2) is 0 Å². The quantitative estimate of drug-likeness (QED) is 0.616. The van der Waals surface area contributed by atoms with Gasteiger partial charge in [0, 0.05) is 6.61 Å². The van der Waals surface area contributed by atoms with Crippen LogP contribution < -0.4 is 0 Å². The van der Waals surface area contributed by atoms with E-state index in [1.165, 1.54) is 6.92 Å². The predicted octanol–water partition coefficient (Wildman–Crippen LogP) is 0.0894. The van der Waals surface area contributed by atoms with Crippen LogP contribution in [0, 0.1) is 0 Å². The number of carbonyl (C=O) groups excluding carboxylic acids is 1. The first-order valence-electron chi connectivity index (χ1n) is 4.16. The Labute approximate surface area is 71.5 Å². The van der Waals surface area contributed by atoms with Crippen LogP contribution in [0.3, 0.4) is 0 Å². The molecule has 1 heterocycles. The molecule has 0 aromatic heterocycles. The molecule has 1 aliphatic heterocycles. The highest BCUT2D eigenvalue weighted by Gasteiger charge is 2.18. The highest BCUT2D eigenvalue weighted by Crippen LogP contribution is 2.11. The van der Waals surface area contributed by atoms with Gasteiger partial charge < -0.3 is 14.6 Å². The molecule has 0 saturated carbocycles. The van der Waals surface area contributed by atoms with Gasteiger partial charge in [-0.25, -0.2) is 4.79 Å². The Morgan fingerprint density at radius 1 is 1.83 bits per heavy atom. The van der Waals surface area contributed by atoms with E-state index in [0.29, 0.717) is 0 Å². The maximum atomic E-state index is 10.8. The molecule has 12 heavy (non-hydrogen) atoms. The van der Waals surface area contributed by atoms with Crippen LogP contribution in [0.2, 0.25) is 0 Å². The summed E-state index contributed by atoms with van der Waals surface area (Å²) in [6.07, 6.45) is 0.961. The third-order valence-corrected chi connectivity index (χ3v) is 1.78. The number of aliphatic hydroxyl groups excluding tert-OH is 1. The highest BCUT2D eigenvalue weighted by molar-refractivity contribution is 5.73. The minimum absolute atomic E-state index is 0.0349. The Bertz CT molecular complexity index is 149. The lowest BCUT2D eigenvalue weighted by Crippen LogP contribution is -2.24. The van der Waals surface area contributed by atoms with Crippen molar-refractivity contribution in [1.29, 1.82) is 0 Å². The van der Waals surface area contributed by atoms with Gasteiger partial charge in [0.2, 0.25) is 0 Å². The normalized spacial score (nSPS) is 25.3. The smallest absolute Gasteiger partial charge is 0.334 e. The van der Waals surface area contributed by atoms with Crippen molar-refractivity contribution in [3.8, 4) is 0 Å². The summed E-state index contributed by atoms with van der Waals surface area (Å²) in [6.45, 7) is 2.40. The van der Waals surface area contributed by atoms with E-state index in [-0.39, 0.29) is 12.7 Å². The fourth-order valence-corrected chi connectivity index (χ4v) is 1.07. The van der Waals surface area contributed by atoms with Gasteiger partial charge in [0.15, 0.2) is 0 Å². The molecule has 4 heteroatoms. The summed E-state index contributed by atoms with van der Waals surface area (Å²) < 4.78 is 10.00. The molecule has 1 saturated heterocycles. The lowest BCUT2D eigenvalue weighted by atomic mass is 10.2. The van der Waals surface area contributed by atoms with Gasteiger partial charge in [0.1, 0.15) is 12.7 Å². The highest BCUT2D eigenvalue weighted by atomic mass is 16.6. The second kappa shape index (κ2) is 4.42. The average Bonchev–Trinajstić information content (AvgIpc) is 2.51. The Hall–Kier alpha value is -0.610. The molecule has 0 spiro atoms. The number of esters is 1. The Balaban J connectivity index is 2.12. The molecule has 2 atom stereocenters. The van der Waals surface area contributed by atoms with Gasteiger partial charge in [-0.05, 0) is 19.8 Å². The summed E-state index contributed by atoms with van der Waals surface area (Å²) in [6, 6.07) is 0. The summed E-state index contributed by atoms with van der Waals surface area (Å²) >= 11 is 0. The van der Waals surface area contributed by atoms with Crippen molar-refractivity contribution in [3.05, 3.63) is 0 Å². The maximum absolute atomic E-state index is 10.8. The first-order chi connectivity index (χ1) is 5.70. The van der Waals surface area contributed by atoms with E-state index in [9.17, 15) is 4.79 Å². The maximum Gasteiger partial charge on any atom is 0.334 e. The summed E-state index contributed by atoms with van der Waals surface area (Å²) in [5, 5.41) is 8.78. The van der Waals surface area contributed by atoms with E-state index in [0.717, 1.165) is 19.4 Å². The molecule has 1 N–H and O–H groups in total. The Kier molecular flexibility index (Phi) is 3.49. The van der Waals surface area contributed by atoms with E-state index in [4.69, 9.17) is 14.6 Å². The molecule has 4 nitrogen and oxygen atoms in total. The van der Waals surface area contributed by atoms with E-state index < -0.39 is 12.1 Å². The van der Waals surface area contributed by atoms with E-state index in [2.05, 4.69) is 0 Å². The molecular weight excluding hydrogens is 160 g/mol. The molecule has 0 amide bonds. The fourth-order valence-electron chi connectivity index (χ4n) is 1.07. The van der Waals surface area contributed by atoms with Crippen LogP contribution in [0.1, 0.15) is 19.8 Å². The van der Waals surface area contributed by atoms with Gasteiger partial charge in [0.05, 0.1) is 6.10 Å². The van der Waals surface area contributed by atoms with Crippen LogP contribution in [-0.4, -0.2) is 36.5 Å². The summed E-state index contributed by atoms with van der Waals surface area (Å²) in [5.74, 6) is -0.578. The standard InChI is InChI=1S/C8H14O4/c1-6(9)8(10)12-5-7-3-2-4-11-7/h6-7,9H,2-5H2,1H3/t6-,7?/m0/s1. The first kappa shape index (κ1) is 9.48. The average molecular weight is 174 g/mol. The molecule has 1 fully saturated rings. The monoisotopic (exact) mass is 174 g/mol. The number of rotatable bonds is 3. The van der Waals surface area contributed by atoms with Gasteiger partial charge >= 0.3 is 5.97 Å². The number of ether oxygens (including phenoxy) is 2. The number of aliphatic hydroxyl groups is 1. The predicted molar refractivity (Wildman–Crippen MR) is 41.6 cm³/mol. The zero-order chi connectivity index (χ0) is 8.97. The summed E-state index contributed by atoms with van der Waals surface area (Å²) in [5.41, 5.74) is 0. The molecular formula is C8H14O4. The lowest BCUT2D eigenvalue weighted by Gasteiger charge is -2.10. The number of hydrogen-bond acceptors (Lipinski definition) is 4. The van der Waals surface area contributed by atoms with Crippen LogP contribution in [0.5, 0.6) is 0 Å². The van der Waals surface area contributed by atoms with Gasteiger partial charge in [0.25, 0.3) is 0 Å². The zero-order valence-electron chi connectivity index (χ0n) is 7.16. The molecule has 0 bridgehead atoms. The minimum Gasteiger partial charge on any atom is -0.461 e. The van der Waals surface area contributed by atoms with Crippen LogP contribution in [0.4, 0.5) is 0 Å². The third-order valence-electron chi connectivity index (χ3n) is 1.78. The topological polar surface area (TPSA) is 55.8 Å². The molecule has 0 aromatic rings. The molecule has 0 aliphatic carbocycles. The largest absolute Gasteiger partial charge is 0.461 e. The van der Waals surface area contributed by atoms with Crippen LogP contribution in [0.25, 0.3) is 0 Å². The first-order valence-corrected chi connectivity index (χ1v) is 4.16. The fraction of sp³-hybridized carbons (Fsp3) is 0.875. The van der Waals surface area contributed by atoms with Gasteiger partial charge in [-0.3, -0.25) is 0 Å². The molecule has 0 aromatic carbocycles. The van der Waals surface area contributed by atoms with Crippen molar-refractivity contribution in [2.24, 2.45) is 0 Å². The van der Waals surface area contributed by atoms with Gasteiger partial charge in [-0.2, -0.15) is 0 Å². The second-order valence-electron chi connectivity index (χ2n) is 2.94. The number of hydrogen-bond donors (Lipinski definition) is 1. The van der Waals surface area contributed by atoms with E-state index in [1.807, 2.05) is 0 Å². The lowest BCUT2D eigenvalue weighted by molar-refractivity contribution is -0.155. The minimum atomic E-state index is -1.04. The van der Waals surface area contributed by atoms with Crippen molar-refractivity contribution in [2.45, 2.75) is 32.0 Å². The van der Waals surface area contributed by atoms with Crippen molar-refractivity contribution < 1.29 is 19.4 Å². The van der Waals surface area contributed by atoms with Crippen molar-refractivity contribution in [1.82, 2.24) is 0 Å². The van der Waals surface area contributed by atoms with Gasteiger partial charge in [-0.1, -0.05) is 0 Å². The number of carbonyl (C=O) groups is 1. The molecule has 0 radical (unpaired) electrons. The molecule has 1 aliphatic rings. The van der Waals surface area contributed by atoms with Crippen molar-refractivity contribution in [2.75, 3.05) is 13.2 Å². The van der Waals surface area contributed by atoms with Crippen molar-refractivity contribution in [3.63, 3.8) is 0 Å². The Morgan fingerprint density at radius 3 is 3.08 bits per heavy atom. The third kappa shape index (κ3) is 2.79. The van der Waals surface area contributed by atoms with E-state index >= 15 is 0 Å². The van der Waals surface area contributed by atoms with E-state index in [1.54, 1.807) is 0 Å². The molecule has 1 unspecified atom stereocenters. The van der Waals surface area contributed by atoms with Gasteiger partial charge in [-0.15, -0.1) is 0 Å². The van der Waals surface area contributed by atoms with Crippen LogP contribution >= 0.6 is 0 Å². The van der Waals surface area contributed by atoms with Crippen molar-refractivity contribution >= 4 is 5.97 Å². The molecule has 70 valence electrons. The Morgan fingerprint density at radius 2 is 2.58 bits per heavy atom. The second-order valence-corrected chi connectivity index (χ2v) is 2.94. The SMILES string of the molecule is C[C@H](O)C(=O)OCC1CCCO1. The molecule has 1 rings (SSSR count). The summed E-state index contributed by atoms with van der Waals surface area (Å²) in [7, 11) is 0. The zero-order valence-corrected chi connectivity index (χ0v) is 7.16. The van der Waals surface area contributed by atoms with Crippen LogP contribution in [-0.2, 0) is 14.3 Å². The summed E-state index contributed by atoms with van der Waals surface area (Å²) in [4.78, 5) is 10.8.